The van der Waals surface area contributed by atoms with E-state index in [1.54, 1.807) is 10.4 Å². The van der Waals surface area contributed by atoms with E-state index in [2.05, 4.69) is 0 Å². The van der Waals surface area contributed by atoms with E-state index in [0.29, 0.717) is 44.0 Å². The van der Waals surface area contributed by atoms with E-state index in [0.717, 1.165) is 16.7 Å². The van der Waals surface area contributed by atoms with Crippen LogP contribution in [0.15, 0.2) is 17.0 Å². The molecule has 0 aliphatic carbocycles. The summed E-state index contributed by atoms with van der Waals surface area (Å²) in [5.74, 6) is -0.551. The van der Waals surface area contributed by atoms with Crippen molar-refractivity contribution in [2.24, 2.45) is 0 Å². The van der Waals surface area contributed by atoms with Gasteiger partial charge in [0.2, 0.25) is 10.0 Å². The third kappa shape index (κ3) is 2.69. The quantitative estimate of drug-likeness (QED) is 0.836. The highest BCUT2D eigenvalue weighted by molar-refractivity contribution is 7.89. The van der Waals surface area contributed by atoms with Crippen LogP contribution >= 0.6 is 0 Å². The van der Waals surface area contributed by atoms with Crippen molar-refractivity contribution < 1.29 is 17.9 Å². The van der Waals surface area contributed by atoms with E-state index in [-0.39, 0.29) is 0 Å². The van der Waals surface area contributed by atoms with Gasteiger partial charge in [0.15, 0.2) is 5.79 Å². The smallest absolute Gasteiger partial charge is 0.243 e. The molecule has 0 radical (unpaired) electrons. The van der Waals surface area contributed by atoms with E-state index < -0.39 is 15.8 Å². The second-order valence-electron chi connectivity index (χ2n) is 6.21. The number of aryl methyl sites for hydroxylation is 3. The number of sulfonamides is 1. The molecule has 2 aliphatic heterocycles. The van der Waals surface area contributed by atoms with Crippen molar-refractivity contribution in [3.63, 3.8) is 0 Å². The van der Waals surface area contributed by atoms with E-state index in [1.165, 1.54) is 0 Å². The molecular weight excluding hydrogens is 302 g/mol. The van der Waals surface area contributed by atoms with E-state index >= 15 is 0 Å². The summed E-state index contributed by atoms with van der Waals surface area (Å²) in [6.07, 6.45) is 1.19. The second-order valence-corrected chi connectivity index (χ2v) is 8.12. The molecule has 2 aliphatic rings. The van der Waals surface area contributed by atoms with Gasteiger partial charge in [-0.15, -0.1) is 0 Å². The van der Waals surface area contributed by atoms with Crippen LogP contribution in [0.1, 0.15) is 29.5 Å². The van der Waals surface area contributed by atoms with Gasteiger partial charge in [-0.05, 0) is 43.5 Å². The molecule has 0 atom stereocenters. The molecule has 0 bridgehead atoms. The van der Waals surface area contributed by atoms with Gasteiger partial charge in [-0.25, -0.2) is 8.42 Å². The number of nitrogens with zero attached hydrogens (tertiary/aromatic N) is 1. The highest BCUT2D eigenvalue weighted by Gasteiger charge is 2.42. The molecule has 0 unspecified atom stereocenters. The lowest BCUT2D eigenvalue weighted by Gasteiger charge is -2.37. The minimum Gasteiger partial charge on any atom is -0.347 e. The zero-order valence-electron chi connectivity index (χ0n) is 13.4. The highest BCUT2D eigenvalue weighted by atomic mass is 32.2. The highest BCUT2D eigenvalue weighted by Crippen LogP contribution is 2.34. The molecule has 0 aromatic heterocycles. The van der Waals surface area contributed by atoms with E-state index in [1.807, 2.05) is 26.8 Å². The maximum atomic E-state index is 12.9. The largest absolute Gasteiger partial charge is 0.347 e. The van der Waals surface area contributed by atoms with E-state index in [4.69, 9.17) is 9.47 Å². The third-order valence-corrected chi connectivity index (χ3v) is 6.75. The molecule has 0 N–H and O–H groups in total. The predicted molar refractivity (Wildman–Crippen MR) is 83.3 cm³/mol. The lowest BCUT2D eigenvalue weighted by Crippen LogP contribution is -2.47. The predicted octanol–water partition coefficient (Wildman–Crippen LogP) is 2.14. The van der Waals surface area contributed by atoms with Crippen molar-refractivity contribution in [3.05, 3.63) is 28.8 Å². The first-order valence-corrected chi connectivity index (χ1v) is 9.14. The Balaban J connectivity index is 1.84. The molecule has 22 heavy (non-hydrogen) atoms. The van der Waals surface area contributed by atoms with Crippen LogP contribution in [0, 0.1) is 20.8 Å². The van der Waals surface area contributed by atoms with Crippen molar-refractivity contribution >= 4 is 10.0 Å². The van der Waals surface area contributed by atoms with Crippen LogP contribution in [-0.2, 0) is 19.5 Å². The molecule has 2 saturated heterocycles. The molecule has 1 spiro atoms. The number of hydrogen-bond donors (Lipinski definition) is 0. The number of ether oxygens (including phenoxy) is 2. The second kappa shape index (κ2) is 5.60. The average molecular weight is 325 g/mol. The Morgan fingerprint density at radius 1 is 0.955 bits per heavy atom. The molecule has 1 aromatic carbocycles. The summed E-state index contributed by atoms with van der Waals surface area (Å²) in [5, 5.41) is 0. The van der Waals surface area contributed by atoms with Gasteiger partial charge in [0.05, 0.1) is 18.1 Å². The van der Waals surface area contributed by atoms with Gasteiger partial charge in [-0.2, -0.15) is 4.31 Å². The van der Waals surface area contributed by atoms with Crippen LogP contribution in [0.4, 0.5) is 0 Å². The molecule has 5 nitrogen and oxygen atoms in total. The Morgan fingerprint density at radius 2 is 1.50 bits per heavy atom. The summed E-state index contributed by atoms with van der Waals surface area (Å²) in [4.78, 5) is 0.416. The fraction of sp³-hybridized carbons (Fsp3) is 0.625. The normalized spacial score (nSPS) is 22.3. The minimum atomic E-state index is -3.46. The first kappa shape index (κ1) is 15.9. The van der Waals surface area contributed by atoms with Crippen LogP contribution in [0.2, 0.25) is 0 Å². The zero-order valence-corrected chi connectivity index (χ0v) is 14.2. The topological polar surface area (TPSA) is 55.8 Å². The van der Waals surface area contributed by atoms with Crippen molar-refractivity contribution in [2.45, 2.75) is 44.3 Å². The lowest BCUT2D eigenvalue weighted by atomic mass is 10.1. The summed E-state index contributed by atoms with van der Waals surface area (Å²) in [7, 11) is -3.46. The van der Waals surface area contributed by atoms with E-state index in [9.17, 15) is 8.42 Å². The van der Waals surface area contributed by atoms with Crippen molar-refractivity contribution in [1.29, 1.82) is 0 Å². The van der Waals surface area contributed by atoms with Crippen LogP contribution in [0.5, 0.6) is 0 Å². The standard InChI is InChI=1S/C16H23NO4S/c1-12-10-14(3)15(11-13(12)2)22(18,19)17-6-4-16(5-7-17)20-8-9-21-16/h10-11H,4-9H2,1-3H3. The average Bonchev–Trinajstić information content (AvgIpc) is 2.91. The molecule has 122 valence electrons. The van der Waals surface area contributed by atoms with Crippen LogP contribution in [0.25, 0.3) is 0 Å². The maximum Gasteiger partial charge on any atom is 0.243 e. The Morgan fingerprint density at radius 3 is 2.09 bits per heavy atom. The number of benzene rings is 1. The molecule has 1 aromatic rings. The van der Waals surface area contributed by atoms with Crippen molar-refractivity contribution in [3.8, 4) is 0 Å². The van der Waals surface area contributed by atoms with Gasteiger partial charge in [-0.3, -0.25) is 0 Å². The summed E-state index contributed by atoms with van der Waals surface area (Å²) >= 11 is 0. The first-order valence-electron chi connectivity index (χ1n) is 7.70. The van der Waals surface area contributed by atoms with Gasteiger partial charge in [0.25, 0.3) is 0 Å². The minimum absolute atomic E-state index is 0.416. The Hall–Kier alpha value is -0.950. The maximum absolute atomic E-state index is 12.9. The number of hydrogen-bond acceptors (Lipinski definition) is 4. The molecule has 0 amide bonds. The number of rotatable bonds is 2. The summed E-state index contributed by atoms with van der Waals surface area (Å²) < 4.78 is 38.7. The lowest BCUT2D eigenvalue weighted by molar-refractivity contribution is -0.179. The Bertz CT molecular complexity index is 668. The molecule has 0 saturated carbocycles. The fourth-order valence-electron chi connectivity index (χ4n) is 3.20. The molecule has 2 heterocycles. The van der Waals surface area contributed by atoms with Crippen molar-refractivity contribution in [1.82, 2.24) is 4.31 Å². The van der Waals surface area contributed by atoms with Gasteiger partial charge in [-0.1, -0.05) is 6.07 Å². The van der Waals surface area contributed by atoms with Gasteiger partial charge in [0.1, 0.15) is 0 Å². The summed E-state index contributed by atoms with van der Waals surface area (Å²) in [5.41, 5.74) is 2.92. The van der Waals surface area contributed by atoms with Crippen LogP contribution in [0.3, 0.4) is 0 Å². The monoisotopic (exact) mass is 325 g/mol. The number of piperidine rings is 1. The van der Waals surface area contributed by atoms with Gasteiger partial charge < -0.3 is 9.47 Å². The molecule has 6 heteroatoms. The first-order chi connectivity index (χ1) is 10.3. The SMILES string of the molecule is Cc1cc(C)c(S(=O)(=O)N2CCC3(CC2)OCCO3)cc1C. The van der Waals surface area contributed by atoms with Crippen molar-refractivity contribution in [2.75, 3.05) is 26.3 Å². The molecule has 3 rings (SSSR count). The zero-order chi connectivity index (χ0) is 16.0. The van der Waals surface area contributed by atoms with Gasteiger partial charge >= 0.3 is 0 Å². The third-order valence-electron chi connectivity index (χ3n) is 4.71. The van der Waals surface area contributed by atoms with Crippen LogP contribution in [-0.4, -0.2) is 44.8 Å². The summed E-state index contributed by atoms with van der Waals surface area (Å²) in [6, 6.07) is 3.73. The summed E-state index contributed by atoms with van der Waals surface area (Å²) in [6.45, 7) is 7.88. The Labute approximate surface area is 132 Å². The Kier molecular flexibility index (Phi) is 4.05. The molecular formula is C16H23NO4S. The fourth-order valence-corrected chi connectivity index (χ4v) is 4.94. The van der Waals surface area contributed by atoms with Crippen LogP contribution < -0.4 is 0 Å². The molecule has 2 fully saturated rings. The van der Waals surface area contributed by atoms with Gasteiger partial charge in [0, 0.05) is 25.9 Å².